The predicted octanol–water partition coefficient (Wildman–Crippen LogP) is 7.26. The van der Waals surface area contributed by atoms with Crippen molar-refractivity contribution in [1.29, 1.82) is 0 Å². The zero-order valence-electron chi connectivity index (χ0n) is 18.5. The van der Waals surface area contributed by atoms with Gasteiger partial charge >= 0.3 is 12.4 Å². The maximum Gasteiger partial charge on any atom is 0.416 e. The Morgan fingerprint density at radius 3 is 2.29 bits per heavy atom. The van der Waals surface area contributed by atoms with Crippen LogP contribution in [0.2, 0.25) is 0 Å². The molecule has 0 saturated carbocycles. The summed E-state index contributed by atoms with van der Waals surface area (Å²) in [7, 11) is 0. The van der Waals surface area contributed by atoms with Gasteiger partial charge in [-0.3, -0.25) is 0 Å². The third-order valence-electron chi connectivity index (χ3n) is 5.54. The summed E-state index contributed by atoms with van der Waals surface area (Å²) in [6, 6.07) is 10.4. The minimum absolute atomic E-state index is 0.0399. The minimum atomic E-state index is -4.96. The topological polar surface area (TPSA) is 67.2 Å². The van der Waals surface area contributed by atoms with Crippen LogP contribution in [0.3, 0.4) is 0 Å². The second kappa shape index (κ2) is 11.0. The van der Waals surface area contributed by atoms with Crippen molar-refractivity contribution in [3.63, 3.8) is 0 Å². The third kappa shape index (κ3) is 6.92. The molecule has 5 nitrogen and oxygen atoms in total. The highest BCUT2D eigenvalue weighted by molar-refractivity contribution is 5.35. The number of rotatable bonds is 5. The zero-order valence-corrected chi connectivity index (χ0v) is 18.5. The van der Waals surface area contributed by atoms with Gasteiger partial charge in [-0.05, 0) is 48.2 Å². The first-order valence-electron chi connectivity index (χ1n) is 10.6. The molecule has 0 bridgehead atoms. The van der Waals surface area contributed by atoms with Gasteiger partial charge in [0.1, 0.15) is 0 Å². The molecule has 0 spiro atoms. The smallest absolute Gasteiger partial charge is 0.352 e. The first-order valence-corrected chi connectivity index (χ1v) is 10.6. The van der Waals surface area contributed by atoms with Crippen LogP contribution in [0.25, 0.3) is 10.4 Å². The number of hydrogen-bond donors (Lipinski definition) is 0. The van der Waals surface area contributed by atoms with E-state index in [1.165, 1.54) is 6.92 Å². The number of benzene rings is 2. The van der Waals surface area contributed by atoms with Gasteiger partial charge in [0, 0.05) is 16.7 Å². The molecule has 2 aromatic rings. The molecule has 0 aliphatic carbocycles. The second-order valence-electron chi connectivity index (χ2n) is 7.90. The van der Waals surface area contributed by atoms with Crippen molar-refractivity contribution >= 4 is 0 Å². The molecule has 0 N–H and O–H groups in total. The fourth-order valence-electron chi connectivity index (χ4n) is 3.87. The van der Waals surface area contributed by atoms with Crippen LogP contribution in [0.15, 0.2) is 53.6 Å². The molecule has 1 fully saturated rings. The Balaban J connectivity index is 1.94. The predicted molar refractivity (Wildman–Crippen MR) is 115 cm³/mol. The van der Waals surface area contributed by atoms with E-state index < -0.39 is 41.8 Å². The van der Waals surface area contributed by atoms with Crippen molar-refractivity contribution < 1.29 is 35.8 Å². The Kier molecular flexibility index (Phi) is 8.33. The molecular formula is C24H21F6N3O2. The van der Waals surface area contributed by atoms with Gasteiger partial charge in [-0.15, -0.1) is 0 Å². The molecule has 0 radical (unpaired) electrons. The third-order valence-corrected chi connectivity index (χ3v) is 5.54. The van der Waals surface area contributed by atoms with E-state index in [-0.39, 0.29) is 30.7 Å². The molecule has 0 amide bonds. The summed E-state index contributed by atoms with van der Waals surface area (Å²) in [5.74, 6) is 5.04. The van der Waals surface area contributed by atoms with Gasteiger partial charge in [0.2, 0.25) is 0 Å². The molecule has 1 saturated heterocycles. The molecule has 4 atom stereocenters. The Labute approximate surface area is 197 Å². The maximum absolute atomic E-state index is 13.3. The number of azide groups is 1. The summed E-state index contributed by atoms with van der Waals surface area (Å²) in [4.78, 5) is 2.65. The van der Waals surface area contributed by atoms with Gasteiger partial charge in [-0.1, -0.05) is 47.3 Å². The SMILES string of the molecule is C[C@@H](O[C@H]1OCC[C@@H](C#CCN=[N+]=[N-])[C@@H]1c1ccccc1)c1cc(C(F)(F)F)cc(C(F)(F)F)c1. The van der Waals surface area contributed by atoms with Crippen molar-refractivity contribution in [1.82, 2.24) is 0 Å². The van der Waals surface area contributed by atoms with E-state index in [9.17, 15) is 26.3 Å². The first kappa shape index (κ1) is 26.4. The highest BCUT2D eigenvalue weighted by Gasteiger charge is 2.39. The van der Waals surface area contributed by atoms with Crippen LogP contribution in [0, 0.1) is 17.8 Å². The Morgan fingerprint density at radius 2 is 1.71 bits per heavy atom. The lowest BCUT2D eigenvalue weighted by Gasteiger charge is -2.37. The van der Waals surface area contributed by atoms with Crippen molar-refractivity contribution in [2.75, 3.05) is 13.2 Å². The molecule has 0 aromatic heterocycles. The number of alkyl halides is 6. The van der Waals surface area contributed by atoms with Gasteiger partial charge in [0.25, 0.3) is 0 Å². The largest absolute Gasteiger partial charge is 0.416 e. The van der Waals surface area contributed by atoms with Crippen LogP contribution in [0.5, 0.6) is 0 Å². The molecule has 186 valence electrons. The number of halogens is 6. The van der Waals surface area contributed by atoms with Crippen LogP contribution in [-0.2, 0) is 21.8 Å². The van der Waals surface area contributed by atoms with E-state index in [1.54, 1.807) is 18.2 Å². The molecule has 35 heavy (non-hydrogen) atoms. The lowest BCUT2D eigenvalue weighted by atomic mass is 9.82. The van der Waals surface area contributed by atoms with Gasteiger partial charge in [0.05, 0.1) is 30.4 Å². The number of ether oxygens (including phenoxy) is 2. The summed E-state index contributed by atoms with van der Waals surface area (Å²) in [6.45, 7) is 1.55. The normalized spacial score (nSPS) is 21.4. The summed E-state index contributed by atoms with van der Waals surface area (Å²) < 4.78 is 91.4. The van der Waals surface area contributed by atoms with Gasteiger partial charge in [-0.2, -0.15) is 26.3 Å². The van der Waals surface area contributed by atoms with Crippen LogP contribution in [0.1, 0.15) is 47.6 Å². The quantitative estimate of drug-likeness (QED) is 0.143. The molecular weight excluding hydrogens is 476 g/mol. The second-order valence-corrected chi connectivity index (χ2v) is 7.90. The average Bonchev–Trinajstić information content (AvgIpc) is 2.81. The van der Waals surface area contributed by atoms with Gasteiger partial charge in [-0.25, -0.2) is 0 Å². The maximum atomic E-state index is 13.3. The van der Waals surface area contributed by atoms with Crippen molar-refractivity contribution in [3.05, 3.63) is 81.2 Å². The van der Waals surface area contributed by atoms with Crippen molar-refractivity contribution in [2.45, 2.75) is 44.0 Å². The fourth-order valence-corrected chi connectivity index (χ4v) is 3.87. The molecule has 11 heteroatoms. The van der Waals surface area contributed by atoms with Crippen LogP contribution in [-0.4, -0.2) is 19.4 Å². The zero-order chi connectivity index (χ0) is 25.6. The average molecular weight is 497 g/mol. The van der Waals surface area contributed by atoms with Crippen LogP contribution in [0.4, 0.5) is 26.3 Å². The van der Waals surface area contributed by atoms with Crippen molar-refractivity contribution in [3.8, 4) is 11.8 Å². The van der Waals surface area contributed by atoms with E-state index >= 15 is 0 Å². The van der Waals surface area contributed by atoms with E-state index in [0.717, 1.165) is 5.56 Å². The van der Waals surface area contributed by atoms with Crippen LogP contribution < -0.4 is 0 Å². The Bertz CT molecular complexity index is 1090. The van der Waals surface area contributed by atoms with E-state index in [2.05, 4.69) is 21.9 Å². The van der Waals surface area contributed by atoms with E-state index in [0.29, 0.717) is 18.6 Å². The molecule has 1 aliphatic heterocycles. The molecule has 1 heterocycles. The lowest BCUT2D eigenvalue weighted by molar-refractivity contribution is -0.204. The fraction of sp³-hybridized carbons (Fsp3) is 0.417. The highest BCUT2D eigenvalue weighted by atomic mass is 19.4. The van der Waals surface area contributed by atoms with Gasteiger partial charge < -0.3 is 9.47 Å². The molecule has 3 rings (SSSR count). The summed E-state index contributed by atoms with van der Waals surface area (Å²) in [5.41, 5.74) is 6.11. The summed E-state index contributed by atoms with van der Waals surface area (Å²) in [5, 5.41) is 3.38. The standard InChI is InChI=1S/C24H21F6N3O2/c1-15(18-12-19(23(25,26)27)14-20(13-18)24(28,29)30)35-22-21(16-6-3-2-4-7-16)17(9-11-34-22)8-5-10-32-33-31/h2-4,6-7,12-15,17,21-22H,9-11H2,1H3/t15-,17-,21+,22-/m1/s1. The summed E-state index contributed by atoms with van der Waals surface area (Å²) in [6.07, 6.45) is -11.5. The highest BCUT2D eigenvalue weighted by Crippen LogP contribution is 2.41. The Hall–Kier alpha value is -3.19. The molecule has 2 aromatic carbocycles. The summed E-state index contributed by atoms with van der Waals surface area (Å²) >= 11 is 0. The van der Waals surface area contributed by atoms with Crippen LogP contribution >= 0.6 is 0 Å². The number of nitrogens with zero attached hydrogens (tertiary/aromatic N) is 3. The number of hydrogen-bond acceptors (Lipinski definition) is 3. The molecule has 1 aliphatic rings. The Morgan fingerprint density at radius 1 is 1.09 bits per heavy atom. The van der Waals surface area contributed by atoms with E-state index in [4.69, 9.17) is 15.0 Å². The minimum Gasteiger partial charge on any atom is -0.352 e. The molecule has 0 unspecified atom stereocenters. The monoisotopic (exact) mass is 497 g/mol. The van der Waals surface area contributed by atoms with Gasteiger partial charge in [0.15, 0.2) is 6.29 Å². The lowest BCUT2D eigenvalue weighted by Crippen LogP contribution is -2.37. The first-order chi connectivity index (χ1) is 16.5. The van der Waals surface area contributed by atoms with E-state index in [1.807, 2.05) is 12.1 Å². The van der Waals surface area contributed by atoms with Crippen molar-refractivity contribution in [2.24, 2.45) is 11.0 Å².